The molecular formula is C10H5BrF3NO. The standard InChI is InChI=1S/C10H5BrF3NO/c11-6-3-5-1-2-15-9(16)8(5)7(4-6)10(12,13)14/h1-4H,(H,15,16). The second-order valence-electron chi connectivity index (χ2n) is 3.18. The second kappa shape index (κ2) is 3.62. The summed E-state index contributed by atoms with van der Waals surface area (Å²) in [7, 11) is 0. The number of fused-ring (bicyclic) bond motifs is 1. The molecule has 0 saturated carbocycles. The van der Waals surface area contributed by atoms with Crippen molar-refractivity contribution in [3.63, 3.8) is 0 Å². The molecule has 1 aromatic heterocycles. The molecule has 0 amide bonds. The number of alkyl halides is 3. The third-order valence-corrected chi connectivity index (χ3v) is 2.57. The van der Waals surface area contributed by atoms with E-state index >= 15 is 0 Å². The molecule has 0 bridgehead atoms. The van der Waals surface area contributed by atoms with Crippen molar-refractivity contribution in [2.75, 3.05) is 0 Å². The van der Waals surface area contributed by atoms with E-state index in [4.69, 9.17) is 0 Å². The molecule has 16 heavy (non-hydrogen) atoms. The van der Waals surface area contributed by atoms with E-state index < -0.39 is 17.6 Å². The number of hydrogen-bond acceptors (Lipinski definition) is 2. The van der Waals surface area contributed by atoms with Crippen LogP contribution in [-0.2, 0) is 6.18 Å². The maximum absolute atomic E-state index is 12.7. The molecule has 0 radical (unpaired) electrons. The summed E-state index contributed by atoms with van der Waals surface area (Å²) in [5, 5.41) is 9.39. The number of nitrogens with zero attached hydrogens (tertiary/aromatic N) is 1. The van der Waals surface area contributed by atoms with Gasteiger partial charge in [0.25, 0.3) is 0 Å². The molecule has 6 heteroatoms. The van der Waals surface area contributed by atoms with Gasteiger partial charge in [-0.25, -0.2) is 4.98 Å². The molecule has 2 rings (SSSR count). The summed E-state index contributed by atoms with van der Waals surface area (Å²) in [4.78, 5) is 3.45. The minimum absolute atomic E-state index is 0.279. The van der Waals surface area contributed by atoms with Crippen molar-refractivity contribution < 1.29 is 18.3 Å². The molecule has 0 spiro atoms. The second-order valence-corrected chi connectivity index (χ2v) is 4.10. The van der Waals surface area contributed by atoms with Gasteiger partial charge < -0.3 is 5.11 Å². The Balaban J connectivity index is 2.91. The molecule has 0 saturated heterocycles. The normalized spacial score (nSPS) is 12.0. The minimum atomic E-state index is -4.53. The van der Waals surface area contributed by atoms with Crippen molar-refractivity contribution in [2.45, 2.75) is 6.18 Å². The fraction of sp³-hybridized carbons (Fsp3) is 0.100. The third kappa shape index (κ3) is 1.84. The van der Waals surface area contributed by atoms with Gasteiger partial charge in [-0.15, -0.1) is 0 Å². The van der Waals surface area contributed by atoms with E-state index in [1.54, 1.807) is 0 Å². The molecule has 0 unspecified atom stereocenters. The van der Waals surface area contributed by atoms with Gasteiger partial charge in [0.15, 0.2) is 0 Å². The number of pyridine rings is 1. The predicted octanol–water partition coefficient (Wildman–Crippen LogP) is 3.72. The smallest absolute Gasteiger partial charge is 0.417 e. The molecular weight excluding hydrogens is 287 g/mol. The van der Waals surface area contributed by atoms with Gasteiger partial charge in [0.2, 0.25) is 5.88 Å². The summed E-state index contributed by atoms with van der Waals surface area (Å²) in [6, 6.07) is 3.82. The highest BCUT2D eigenvalue weighted by Crippen LogP contribution is 2.39. The summed E-state index contributed by atoms with van der Waals surface area (Å²) in [5.74, 6) is -0.614. The molecule has 0 aliphatic heterocycles. The van der Waals surface area contributed by atoms with Crippen LogP contribution in [0.4, 0.5) is 13.2 Å². The Bertz CT molecular complexity index is 553. The number of hydrogen-bond donors (Lipinski definition) is 1. The van der Waals surface area contributed by atoms with Gasteiger partial charge in [0.05, 0.1) is 10.9 Å². The van der Waals surface area contributed by atoms with Gasteiger partial charge in [-0.2, -0.15) is 13.2 Å². The number of halogens is 4. The number of aromatic hydroxyl groups is 1. The Morgan fingerprint density at radius 2 is 1.94 bits per heavy atom. The summed E-state index contributed by atoms with van der Waals surface area (Å²) in [6.07, 6.45) is -3.27. The highest BCUT2D eigenvalue weighted by Gasteiger charge is 2.34. The monoisotopic (exact) mass is 291 g/mol. The molecule has 0 aliphatic carbocycles. The Kier molecular flexibility index (Phi) is 2.53. The zero-order valence-corrected chi connectivity index (χ0v) is 9.30. The van der Waals surface area contributed by atoms with E-state index in [1.165, 1.54) is 18.3 Å². The lowest BCUT2D eigenvalue weighted by Crippen LogP contribution is -2.06. The molecule has 1 N–H and O–H groups in total. The topological polar surface area (TPSA) is 33.1 Å². The average molecular weight is 292 g/mol. The first kappa shape index (κ1) is 11.2. The van der Waals surface area contributed by atoms with Crippen LogP contribution >= 0.6 is 15.9 Å². The van der Waals surface area contributed by atoms with Crippen molar-refractivity contribution in [3.05, 3.63) is 34.4 Å². The van der Waals surface area contributed by atoms with Crippen LogP contribution in [0.5, 0.6) is 5.88 Å². The van der Waals surface area contributed by atoms with E-state index in [0.29, 0.717) is 4.47 Å². The SMILES string of the molecule is Oc1nccc2cc(Br)cc(C(F)(F)F)c12. The van der Waals surface area contributed by atoms with Crippen molar-refractivity contribution in [1.29, 1.82) is 0 Å². The van der Waals surface area contributed by atoms with Gasteiger partial charge >= 0.3 is 6.18 Å². The summed E-state index contributed by atoms with van der Waals surface area (Å²) in [6.45, 7) is 0. The molecule has 84 valence electrons. The minimum Gasteiger partial charge on any atom is -0.493 e. The zero-order valence-electron chi connectivity index (χ0n) is 7.72. The molecule has 2 nitrogen and oxygen atoms in total. The van der Waals surface area contributed by atoms with Crippen molar-refractivity contribution in [1.82, 2.24) is 4.98 Å². The number of benzene rings is 1. The van der Waals surface area contributed by atoms with Crippen molar-refractivity contribution >= 4 is 26.7 Å². The quantitative estimate of drug-likeness (QED) is 0.802. The van der Waals surface area contributed by atoms with Gasteiger partial charge in [0.1, 0.15) is 0 Å². The van der Waals surface area contributed by atoms with Crippen LogP contribution in [0.3, 0.4) is 0 Å². The Morgan fingerprint density at radius 1 is 1.25 bits per heavy atom. The third-order valence-electron chi connectivity index (χ3n) is 2.11. The summed E-state index contributed by atoms with van der Waals surface area (Å²) < 4.78 is 38.5. The Morgan fingerprint density at radius 3 is 2.56 bits per heavy atom. The molecule has 0 aliphatic rings. The fourth-order valence-corrected chi connectivity index (χ4v) is 1.96. The van der Waals surface area contributed by atoms with Crippen LogP contribution in [0.2, 0.25) is 0 Å². The molecule has 0 atom stereocenters. The van der Waals surface area contributed by atoms with E-state index in [9.17, 15) is 18.3 Å². The number of rotatable bonds is 0. The van der Waals surface area contributed by atoms with Crippen LogP contribution in [0, 0.1) is 0 Å². The van der Waals surface area contributed by atoms with Crippen LogP contribution in [0.25, 0.3) is 10.8 Å². The molecule has 0 fully saturated rings. The average Bonchev–Trinajstić information content (AvgIpc) is 2.15. The lowest BCUT2D eigenvalue weighted by atomic mass is 10.1. The maximum atomic E-state index is 12.7. The first-order chi connectivity index (χ1) is 7.39. The van der Waals surface area contributed by atoms with Crippen molar-refractivity contribution in [2.24, 2.45) is 0 Å². The van der Waals surface area contributed by atoms with Crippen LogP contribution < -0.4 is 0 Å². The van der Waals surface area contributed by atoms with E-state index in [0.717, 1.165) is 6.07 Å². The first-order valence-corrected chi connectivity index (χ1v) is 5.03. The number of aromatic nitrogens is 1. The van der Waals surface area contributed by atoms with E-state index in [1.807, 2.05) is 0 Å². The van der Waals surface area contributed by atoms with E-state index in [-0.39, 0.29) is 10.8 Å². The lowest BCUT2D eigenvalue weighted by molar-refractivity contribution is -0.136. The maximum Gasteiger partial charge on any atom is 0.417 e. The molecule has 1 heterocycles. The van der Waals surface area contributed by atoms with Crippen LogP contribution in [0.15, 0.2) is 28.9 Å². The zero-order chi connectivity index (χ0) is 11.9. The summed E-state index contributed by atoms with van der Waals surface area (Å²) in [5.41, 5.74) is -0.900. The van der Waals surface area contributed by atoms with Gasteiger partial charge in [-0.3, -0.25) is 0 Å². The van der Waals surface area contributed by atoms with E-state index in [2.05, 4.69) is 20.9 Å². The lowest BCUT2D eigenvalue weighted by Gasteiger charge is -2.11. The largest absolute Gasteiger partial charge is 0.493 e. The molecule has 2 aromatic rings. The Labute approximate surface area is 96.9 Å². The summed E-state index contributed by atoms with van der Waals surface area (Å²) >= 11 is 3.00. The van der Waals surface area contributed by atoms with Crippen molar-refractivity contribution in [3.8, 4) is 5.88 Å². The van der Waals surface area contributed by atoms with Crippen LogP contribution in [-0.4, -0.2) is 10.1 Å². The highest BCUT2D eigenvalue weighted by molar-refractivity contribution is 9.10. The highest BCUT2D eigenvalue weighted by atomic mass is 79.9. The predicted molar refractivity (Wildman–Crippen MR) is 56.1 cm³/mol. The van der Waals surface area contributed by atoms with Gasteiger partial charge in [-0.1, -0.05) is 15.9 Å². The fourth-order valence-electron chi connectivity index (χ4n) is 1.49. The molecule has 1 aromatic carbocycles. The van der Waals surface area contributed by atoms with Crippen LogP contribution in [0.1, 0.15) is 5.56 Å². The Hall–Kier alpha value is -1.30. The first-order valence-electron chi connectivity index (χ1n) is 4.24. The van der Waals surface area contributed by atoms with Gasteiger partial charge in [-0.05, 0) is 23.6 Å². The van der Waals surface area contributed by atoms with Gasteiger partial charge in [0, 0.05) is 10.7 Å².